The molecule has 2 aliphatic heterocycles. The Kier molecular flexibility index (Phi) is 7.86. The molecule has 1 atom stereocenters. The van der Waals surface area contributed by atoms with E-state index in [2.05, 4.69) is 62.5 Å². The predicted octanol–water partition coefficient (Wildman–Crippen LogP) is 4.13. The summed E-state index contributed by atoms with van der Waals surface area (Å²) >= 11 is 3.70. The van der Waals surface area contributed by atoms with E-state index in [9.17, 15) is 0 Å². The SMILES string of the molecule is CSc1ccc(C(CNC2=NCCCN2)N2CCc3sccc3C2)cc1.I. The number of benzene rings is 1. The number of halogens is 1. The van der Waals surface area contributed by atoms with E-state index in [0.717, 1.165) is 51.5 Å². The third-order valence-corrected chi connectivity index (χ3v) is 6.91. The van der Waals surface area contributed by atoms with Crippen molar-refractivity contribution in [3.05, 3.63) is 51.7 Å². The van der Waals surface area contributed by atoms with E-state index in [1.54, 1.807) is 16.6 Å². The van der Waals surface area contributed by atoms with Crippen molar-refractivity contribution in [2.45, 2.75) is 30.3 Å². The Balaban J connectivity index is 0.00000210. The number of hydrogen-bond donors (Lipinski definition) is 2. The Bertz CT molecular complexity index is 760. The summed E-state index contributed by atoms with van der Waals surface area (Å²) in [6.07, 6.45) is 4.41. The molecule has 27 heavy (non-hydrogen) atoms. The second-order valence-electron chi connectivity index (χ2n) is 6.77. The first-order chi connectivity index (χ1) is 12.8. The van der Waals surface area contributed by atoms with Gasteiger partial charge in [0.1, 0.15) is 0 Å². The second-order valence-corrected chi connectivity index (χ2v) is 8.65. The van der Waals surface area contributed by atoms with Crippen molar-refractivity contribution in [2.75, 3.05) is 32.4 Å². The van der Waals surface area contributed by atoms with Gasteiger partial charge in [0.2, 0.25) is 0 Å². The molecular formula is C20H27IN4S2. The molecule has 1 aromatic heterocycles. The van der Waals surface area contributed by atoms with E-state index in [1.165, 1.54) is 16.0 Å². The lowest BCUT2D eigenvalue weighted by Gasteiger charge is -2.35. The Morgan fingerprint density at radius 3 is 2.89 bits per heavy atom. The fraction of sp³-hybridized carbons (Fsp3) is 0.450. The Labute approximate surface area is 187 Å². The highest BCUT2D eigenvalue weighted by Gasteiger charge is 2.25. The van der Waals surface area contributed by atoms with E-state index < -0.39 is 0 Å². The summed E-state index contributed by atoms with van der Waals surface area (Å²) in [5.74, 6) is 0.954. The van der Waals surface area contributed by atoms with E-state index in [0.29, 0.717) is 6.04 Å². The molecule has 0 bridgehead atoms. The molecule has 146 valence electrons. The molecule has 3 heterocycles. The number of guanidine groups is 1. The van der Waals surface area contributed by atoms with E-state index in [-0.39, 0.29) is 24.0 Å². The van der Waals surface area contributed by atoms with Crippen LogP contribution in [-0.4, -0.2) is 43.3 Å². The topological polar surface area (TPSA) is 39.7 Å². The first-order valence-electron chi connectivity index (χ1n) is 9.29. The minimum Gasteiger partial charge on any atom is -0.356 e. The molecule has 1 unspecified atom stereocenters. The third-order valence-electron chi connectivity index (χ3n) is 5.14. The van der Waals surface area contributed by atoms with Crippen molar-refractivity contribution in [3.63, 3.8) is 0 Å². The van der Waals surface area contributed by atoms with Gasteiger partial charge in [-0.15, -0.1) is 47.1 Å². The van der Waals surface area contributed by atoms with Crippen LogP contribution in [0.3, 0.4) is 0 Å². The van der Waals surface area contributed by atoms with Gasteiger partial charge >= 0.3 is 0 Å². The van der Waals surface area contributed by atoms with Crippen molar-refractivity contribution >= 4 is 53.0 Å². The molecule has 7 heteroatoms. The standard InChI is InChI=1S/C20H26N4S2.HI/c1-25-17-5-3-15(4-6-17)18(13-23-20-21-9-2-10-22-20)24-11-7-19-16(14-24)8-12-26-19;/h3-6,8,12,18H,2,7,9-11,13-14H2,1H3,(H2,21,22,23);1H. The maximum atomic E-state index is 4.57. The summed E-state index contributed by atoms with van der Waals surface area (Å²) in [6.45, 7) is 4.97. The molecule has 2 N–H and O–H groups in total. The third kappa shape index (κ3) is 5.19. The Morgan fingerprint density at radius 1 is 1.30 bits per heavy atom. The first-order valence-corrected chi connectivity index (χ1v) is 11.4. The van der Waals surface area contributed by atoms with E-state index in [4.69, 9.17) is 0 Å². The number of nitrogens with zero attached hydrogens (tertiary/aromatic N) is 2. The minimum absolute atomic E-state index is 0. The van der Waals surface area contributed by atoms with Crippen LogP contribution in [0.4, 0.5) is 0 Å². The number of hydrogen-bond acceptors (Lipinski definition) is 6. The van der Waals surface area contributed by atoms with Crippen LogP contribution in [0.2, 0.25) is 0 Å². The van der Waals surface area contributed by atoms with Gasteiger partial charge in [0.15, 0.2) is 5.96 Å². The van der Waals surface area contributed by atoms with Gasteiger partial charge in [0.25, 0.3) is 0 Å². The van der Waals surface area contributed by atoms with Gasteiger partial charge in [-0.05, 0) is 53.8 Å². The van der Waals surface area contributed by atoms with Crippen LogP contribution >= 0.6 is 47.1 Å². The number of thioether (sulfide) groups is 1. The average molecular weight is 515 g/mol. The molecule has 0 spiro atoms. The smallest absolute Gasteiger partial charge is 0.191 e. The van der Waals surface area contributed by atoms with Crippen molar-refractivity contribution in [3.8, 4) is 0 Å². The van der Waals surface area contributed by atoms with Gasteiger partial charge in [-0.3, -0.25) is 9.89 Å². The Morgan fingerprint density at radius 2 is 2.15 bits per heavy atom. The summed E-state index contributed by atoms with van der Waals surface area (Å²) in [5.41, 5.74) is 2.88. The average Bonchev–Trinajstić information content (AvgIpc) is 3.17. The Hall–Kier alpha value is -0.770. The summed E-state index contributed by atoms with van der Waals surface area (Å²) in [6, 6.07) is 11.7. The summed E-state index contributed by atoms with van der Waals surface area (Å²) < 4.78 is 0. The summed E-state index contributed by atoms with van der Waals surface area (Å²) in [5, 5.41) is 9.17. The van der Waals surface area contributed by atoms with Gasteiger partial charge in [-0.25, -0.2) is 0 Å². The van der Waals surface area contributed by atoms with E-state index >= 15 is 0 Å². The highest BCUT2D eigenvalue weighted by atomic mass is 127. The maximum Gasteiger partial charge on any atom is 0.191 e. The van der Waals surface area contributed by atoms with Crippen LogP contribution in [0.25, 0.3) is 0 Å². The van der Waals surface area contributed by atoms with Crippen LogP contribution in [-0.2, 0) is 13.0 Å². The molecule has 0 radical (unpaired) electrons. The molecule has 0 aliphatic carbocycles. The zero-order valence-electron chi connectivity index (χ0n) is 15.6. The molecule has 4 nitrogen and oxygen atoms in total. The largest absolute Gasteiger partial charge is 0.356 e. The number of rotatable bonds is 5. The number of thiophene rings is 1. The molecule has 2 aliphatic rings. The van der Waals surface area contributed by atoms with Gasteiger partial charge in [0.05, 0.1) is 6.04 Å². The quantitative estimate of drug-likeness (QED) is 0.465. The molecule has 0 fully saturated rings. The number of fused-ring (bicyclic) bond motifs is 1. The molecule has 1 aromatic carbocycles. The number of nitrogens with one attached hydrogen (secondary N) is 2. The lowest BCUT2D eigenvalue weighted by Crippen LogP contribution is -2.45. The van der Waals surface area contributed by atoms with E-state index in [1.807, 2.05) is 11.3 Å². The van der Waals surface area contributed by atoms with Crippen molar-refractivity contribution in [2.24, 2.45) is 4.99 Å². The fourth-order valence-corrected chi connectivity index (χ4v) is 4.96. The van der Waals surface area contributed by atoms with Gasteiger partial charge in [-0.2, -0.15) is 0 Å². The highest BCUT2D eigenvalue weighted by Crippen LogP contribution is 2.31. The lowest BCUT2D eigenvalue weighted by molar-refractivity contribution is 0.181. The minimum atomic E-state index is 0. The summed E-state index contributed by atoms with van der Waals surface area (Å²) in [7, 11) is 0. The van der Waals surface area contributed by atoms with Crippen molar-refractivity contribution < 1.29 is 0 Å². The predicted molar refractivity (Wildman–Crippen MR) is 128 cm³/mol. The second kappa shape index (κ2) is 10.1. The van der Waals surface area contributed by atoms with Crippen LogP contribution in [0, 0.1) is 0 Å². The lowest BCUT2D eigenvalue weighted by atomic mass is 10.0. The zero-order chi connectivity index (χ0) is 17.8. The van der Waals surface area contributed by atoms with Crippen LogP contribution in [0.5, 0.6) is 0 Å². The fourth-order valence-electron chi connectivity index (χ4n) is 3.66. The molecule has 0 amide bonds. The molecule has 4 rings (SSSR count). The molecule has 2 aromatic rings. The molecule has 0 saturated carbocycles. The maximum absolute atomic E-state index is 4.57. The normalized spacial score (nSPS) is 17.9. The number of aliphatic imine (C=N–C) groups is 1. The van der Waals surface area contributed by atoms with Gasteiger partial charge in [0, 0.05) is 42.5 Å². The first kappa shape index (κ1) is 21.0. The van der Waals surface area contributed by atoms with Crippen LogP contribution in [0.1, 0.15) is 28.5 Å². The van der Waals surface area contributed by atoms with Gasteiger partial charge in [-0.1, -0.05) is 12.1 Å². The molecule has 0 saturated heterocycles. The van der Waals surface area contributed by atoms with Gasteiger partial charge < -0.3 is 10.6 Å². The summed E-state index contributed by atoms with van der Waals surface area (Å²) in [4.78, 5) is 10.1. The monoisotopic (exact) mass is 514 g/mol. The molecular weight excluding hydrogens is 487 g/mol. The highest BCUT2D eigenvalue weighted by molar-refractivity contribution is 14.0. The van der Waals surface area contributed by atoms with Crippen molar-refractivity contribution in [1.82, 2.24) is 15.5 Å². The van der Waals surface area contributed by atoms with Crippen LogP contribution < -0.4 is 10.6 Å². The van der Waals surface area contributed by atoms with Crippen molar-refractivity contribution in [1.29, 1.82) is 0 Å². The van der Waals surface area contributed by atoms with Crippen LogP contribution in [0.15, 0.2) is 45.6 Å². The zero-order valence-corrected chi connectivity index (χ0v) is 19.6.